The van der Waals surface area contributed by atoms with Crippen molar-refractivity contribution in [2.24, 2.45) is 0 Å². The maximum absolute atomic E-state index is 9.89. The van der Waals surface area contributed by atoms with E-state index in [1.165, 1.54) is 11.1 Å². The van der Waals surface area contributed by atoms with E-state index in [1.807, 2.05) is 22.7 Å². The van der Waals surface area contributed by atoms with Gasteiger partial charge in [0, 0.05) is 23.6 Å². The number of phenols is 1. The lowest BCUT2D eigenvalue weighted by molar-refractivity contribution is 0.475. The topological polar surface area (TPSA) is 62.5 Å². The number of anilines is 2. The molecule has 0 fully saturated rings. The molecule has 0 unspecified atom stereocenters. The van der Waals surface area contributed by atoms with Gasteiger partial charge in [0.15, 0.2) is 5.65 Å². The second kappa shape index (κ2) is 6.52. The van der Waals surface area contributed by atoms with Crippen LogP contribution in [-0.2, 0) is 6.42 Å². The third-order valence-electron chi connectivity index (χ3n) is 4.53. The SMILES string of the molecule is CCc1cccc(C)c1Nc1c(-c2cccc(O)c2)nc2cnccn12. The van der Waals surface area contributed by atoms with Gasteiger partial charge in [0.25, 0.3) is 0 Å². The largest absolute Gasteiger partial charge is 0.508 e. The fourth-order valence-corrected chi connectivity index (χ4v) is 3.20. The van der Waals surface area contributed by atoms with Crippen LogP contribution in [0.5, 0.6) is 5.75 Å². The third-order valence-corrected chi connectivity index (χ3v) is 4.53. The molecular formula is C21H20N4O. The minimum Gasteiger partial charge on any atom is -0.508 e. The first-order chi connectivity index (χ1) is 12.7. The molecule has 0 atom stereocenters. The molecular weight excluding hydrogens is 324 g/mol. The molecule has 26 heavy (non-hydrogen) atoms. The molecule has 5 nitrogen and oxygen atoms in total. The normalized spacial score (nSPS) is 11.0. The van der Waals surface area contributed by atoms with Crippen LogP contribution in [0.25, 0.3) is 16.9 Å². The predicted molar refractivity (Wildman–Crippen MR) is 104 cm³/mol. The summed E-state index contributed by atoms with van der Waals surface area (Å²) in [6.07, 6.45) is 6.30. The number of nitrogens with zero attached hydrogens (tertiary/aromatic N) is 3. The minimum atomic E-state index is 0.216. The van der Waals surface area contributed by atoms with Gasteiger partial charge in [-0.25, -0.2) is 4.98 Å². The Morgan fingerprint density at radius 2 is 2.00 bits per heavy atom. The molecule has 0 saturated carbocycles. The molecule has 0 aliphatic carbocycles. The highest BCUT2D eigenvalue weighted by Gasteiger charge is 2.16. The Morgan fingerprint density at radius 1 is 1.15 bits per heavy atom. The summed E-state index contributed by atoms with van der Waals surface area (Å²) in [6.45, 7) is 4.24. The van der Waals surface area contributed by atoms with E-state index < -0.39 is 0 Å². The van der Waals surface area contributed by atoms with E-state index in [0.717, 1.165) is 34.8 Å². The smallest absolute Gasteiger partial charge is 0.157 e. The van der Waals surface area contributed by atoms with Crippen molar-refractivity contribution in [2.75, 3.05) is 5.32 Å². The van der Waals surface area contributed by atoms with Crippen molar-refractivity contribution < 1.29 is 5.11 Å². The fraction of sp³-hybridized carbons (Fsp3) is 0.143. The van der Waals surface area contributed by atoms with Gasteiger partial charge in [0.1, 0.15) is 17.3 Å². The van der Waals surface area contributed by atoms with E-state index >= 15 is 0 Å². The molecule has 130 valence electrons. The Bertz CT molecular complexity index is 1080. The summed E-state index contributed by atoms with van der Waals surface area (Å²) in [5, 5.41) is 13.5. The molecule has 2 heterocycles. The lowest BCUT2D eigenvalue weighted by Crippen LogP contribution is -2.02. The van der Waals surface area contributed by atoms with E-state index in [0.29, 0.717) is 0 Å². The summed E-state index contributed by atoms with van der Waals surface area (Å²) >= 11 is 0. The van der Waals surface area contributed by atoms with Crippen LogP contribution in [0.4, 0.5) is 11.5 Å². The van der Waals surface area contributed by atoms with E-state index in [2.05, 4.69) is 42.3 Å². The summed E-state index contributed by atoms with van der Waals surface area (Å²) in [6, 6.07) is 13.5. The number of fused-ring (bicyclic) bond motifs is 1. The number of para-hydroxylation sites is 1. The summed E-state index contributed by atoms with van der Waals surface area (Å²) in [4.78, 5) is 8.91. The molecule has 4 rings (SSSR count). The molecule has 0 radical (unpaired) electrons. The molecule has 0 aliphatic rings. The zero-order chi connectivity index (χ0) is 18.1. The molecule has 2 N–H and O–H groups in total. The van der Waals surface area contributed by atoms with Crippen molar-refractivity contribution in [1.82, 2.24) is 14.4 Å². The Hall–Kier alpha value is -3.34. The number of imidazole rings is 1. The standard InChI is InChI=1S/C21H20N4O/c1-3-15-7-4-6-14(2)19(15)24-21-20(16-8-5-9-17(26)12-16)23-18-13-22-10-11-25(18)21/h4-13,24,26H,3H2,1-2H3. The van der Waals surface area contributed by atoms with Gasteiger partial charge >= 0.3 is 0 Å². The van der Waals surface area contributed by atoms with Crippen LogP contribution < -0.4 is 5.32 Å². The first-order valence-corrected chi connectivity index (χ1v) is 8.64. The van der Waals surface area contributed by atoms with Crippen LogP contribution >= 0.6 is 0 Å². The molecule has 0 amide bonds. The van der Waals surface area contributed by atoms with E-state index in [4.69, 9.17) is 4.98 Å². The first kappa shape index (κ1) is 16.1. The number of rotatable bonds is 4. The number of benzene rings is 2. The molecule has 0 bridgehead atoms. The van der Waals surface area contributed by atoms with Crippen molar-refractivity contribution in [3.63, 3.8) is 0 Å². The van der Waals surface area contributed by atoms with Crippen LogP contribution in [0.1, 0.15) is 18.1 Å². The van der Waals surface area contributed by atoms with Crippen molar-refractivity contribution in [3.8, 4) is 17.0 Å². The van der Waals surface area contributed by atoms with Gasteiger partial charge < -0.3 is 10.4 Å². The van der Waals surface area contributed by atoms with Crippen LogP contribution in [0, 0.1) is 6.92 Å². The van der Waals surface area contributed by atoms with Crippen molar-refractivity contribution >= 4 is 17.2 Å². The predicted octanol–water partition coefficient (Wildman–Crippen LogP) is 4.72. The highest BCUT2D eigenvalue weighted by Crippen LogP contribution is 2.34. The second-order valence-corrected chi connectivity index (χ2v) is 6.25. The molecule has 0 spiro atoms. The molecule has 0 saturated heterocycles. The monoisotopic (exact) mass is 344 g/mol. The van der Waals surface area contributed by atoms with Crippen LogP contribution in [0.2, 0.25) is 0 Å². The first-order valence-electron chi connectivity index (χ1n) is 8.64. The number of aryl methyl sites for hydroxylation is 2. The molecule has 4 aromatic rings. The van der Waals surface area contributed by atoms with E-state index in [9.17, 15) is 5.11 Å². The number of aromatic hydroxyl groups is 1. The van der Waals surface area contributed by atoms with Gasteiger partial charge in [0.05, 0.1) is 6.20 Å². The zero-order valence-corrected chi connectivity index (χ0v) is 14.8. The van der Waals surface area contributed by atoms with Gasteiger partial charge in [-0.2, -0.15) is 0 Å². The number of nitrogens with one attached hydrogen (secondary N) is 1. The Morgan fingerprint density at radius 3 is 2.81 bits per heavy atom. The van der Waals surface area contributed by atoms with Crippen molar-refractivity contribution in [3.05, 3.63) is 72.2 Å². The lowest BCUT2D eigenvalue weighted by atomic mass is 10.1. The van der Waals surface area contributed by atoms with Gasteiger partial charge in [-0.1, -0.05) is 37.3 Å². The highest BCUT2D eigenvalue weighted by atomic mass is 16.3. The quantitative estimate of drug-likeness (QED) is 0.562. The van der Waals surface area contributed by atoms with Crippen LogP contribution in [0.15, 0.2) is 61.1 Å². The van der Waals surface area contributed by atoms with Gasteiger partial charge in [-0.15, -0.1) is 0 Å². The maximum atomic E-state index is 9.89. The zero-order valence-electron chi connectivity index (χ0n) is 14.8. The average Bonchev–Trinajstić information content (AvgIpc) is 3.02. The van der Waals surface area contributed by atoms with Gasteiger partial charge in [0.2, 0.25) is 0 Å². The summed E-state index contributed by atoms with van der Waals surface area (Å²) in [5.74, 6) is 1.07. The fourth-order valence-electron chi connectivity index (χ4n) is 3.20. The second-order valence-electron chi connectivity index (χ2n) is 6.25. The lowest BCUT2D eigenvalue weighted by Gasteiger charge is -2.15. The number of phenolic OH excluding ortho intramolecular Hbond substituents is 1. The maximum Gasteiger partial charge on any atom is 0.157 e. The summed E-state index contributed by atoms with van der Waals surface area (Å²) in [5.41, 5.74) is 5.89. The summed E-state index contributed by atoms with van der Waals surface area (Å²) in [7, 11) is 0. The molecule has 2 aromatic heterocycles. The number of aromatic nitrogens is 3. The Labute approximate surface area is 152 Å². The third kappa shape index (κ3) is 2.77. The van der Waals surface area contributed by atoms with Crippen LogP contribution in [0.3, 0.4) is 0 Å². The number of hydrogen-bond donors (Lipinski definition) is 2. The Kier molecular flexibility index (Phi) is 4.05. The van der Waals surface area contributed by atoms with Crippen molar-refractivity contribution in [2.45, 2.75) is 20.3 Å². The molecule has 5 heteroatoms. The highest BCUT2D eigenvalue weighted by molar-refractivity contribution is 5.81. The molecule has 2 aromatic carbocycles. The van der Waals surface area contributed by atoms with Crippen LogP contribution in [-0.4, -0.2) is 19.5 Å². The van der Waals surface area contributed by atoms with E-state index in [-0.39, 0.29) is 5.75 Å². The molecule has 0 aliphatic heterocycles. The summed E-state index contributed by atoms with van der Waals surface area (Å²) < 4.78 is 1.98. The van der Waals surface area contributed by atoms with Gasteiger partial charge in [-0.05, 0) is 36.6 Å². The number of hydrogen-bond acceptors (Lipinski definition) is 4. The van der Waals surface area contributed by atoms with Crippen molar-refractivity contribution in [1.29, 1.82) is 0 Å². The van der Waals surface area contributed by atoms with Gasteiger partial charge in [-0.3, -0.25) is 9.38 Å². The van der Waals surface area contributed by atoms with E-state index in [1.54, 1.807) is 24.5 Å². The average molecular weight is 344 g/mol. The minimum absolute atomic E-state index is 0.216. The Balaban J connectivity index is 1.93.